The Balaban J connectivity index is 2.50. The average molecular weight is 210 g/mol. The van der Waals surface area contributed by atoms with Crippen LogP contribution in [0.15, 0.2) is 22.5 Å². The Morgan fingerprint density at radius 2 is 2.50 bits per heavy atom. The van der Waals surface area contributed by atoms with Gasteiger partial charge in [-0.1, -0.05) is 25.1 Å². The highest BCUT2D eigenvalue weighted by molar-refractivity contribution is 7.98. The summed E-state index contributed by atoms with van der Waals surface area (Å²) in [5.41, 5.74) is 2.86. The van der Waals surface area contributed by atoms with E-state index in [2.05, 4.69) is 27.4 Å². The summed E-state index contributed by atoms with van der Waals surface area (Å²) in [6, 6.07) is 1.79. The van der Waals surface area contributed by atoms with Crippen LogP contribution in [-0.2, 0) is 0 Å². The van der Waals surface area contributed by atoms with Crippen molar-refractivity contribution >= 4 is 23.8 Å². The minimum Gasteiger partial charge on any atom is -0.262 e. The Morgan fingerprint density at radius 1 is 1.64 bits per heavy atom. The summed E-state index contributed by atoms with van der Waals surface area (Å²) in [6.45, 7) is 2.11. The minimum absolute atomic E-state index is 0.733. The van der Waals surface area contributed by atoms with Crippen molar-refractivity contribution < 1.29 is 0 Å². The topological polar surface area (TPSA) is 50.2 Å². The molecule has 0 aromatic carbocycles. The molecule has 0 aliphatic heterocycles. The molecule has 1 heterocycles. The van der Waals surface area contributed by atoms with E-state index in [1.807, 2.05) is 12.5 Å². The van der Waals surface area contributed by atoms with Crippen LogP contribution in [0.2, 0.25) is 0 Å². The Morgan fingerprint density at radius 3 is 3.21 bits per heavy atom. The predicted octanol–water partition coefficient (Wildman–Crippen LogP) is 2.40. The maximum atomic E-state index is 4.22. The largest absolute Gasteiger partial charge is 0.262 e. The third-order valence-electron chi connectivity index (χ3n) is 1.50. The van der Waals surface area contributed by atoms with Crippen molar-refractivity contribution in [1.82, 2.24) is 9.97 Å². The molecule has 14 heavy (non-hydrogen) atoms. The fourth-order valence-corrected chi connectivity index (χ4v) is 1.16. The maximum Gasteiger partial charge on any atom is 0.189 e. The third-order valence-corrected chi connectivity index (χ3v) is 2.07. The first-order chi connectivity index (χ1) is 6.86. The zero-order valence-electron chi connectivity index (χ0n) is 8.40. The molecule has 5 heteroatoms. The van der Waals surface area contributed by atoms with E-state index in [0.717, 1.165) is 23.8 Å². The van der Waals surface area contributed by atoms with Gasteiger partial charge in [-0.2, -0.15) is 5.10 Å². The molecule has 0 saturated carbocycles. The van der Waals surface area contributed by atoms with Crippen LogP contribution in [0.4, 0.5) is 5.82 Å². The standard InChI is InChI=1S/C9H14N4S/c1-3-4-6-11-13-8-5-7-10-9(12-8)14-2/h5-7H,3-4H2,1-2H3,(H,10,12,13). The van der Waals surface area contributed by atoms with Crippen molar-refractivity contribution in [3.63, 3.8) is 0 Å². The number of thioether (sulfide) groups is 1. The molecule has 0 atom stereocenters. The monoisotopic (exact) mass is 210 g/mol. The Labute approximate surface area is 88.2 Å². The predicted molar refractivity (Wildman–Crippen MR) is 60.8 cm³/mol. The molecule has 0 radical (unpaired) electrons. The second-order valence-corrected chi connectivity index (χ2v) is 3.41. The fourth-order valence-electron chi connectivity index (χ4n) is 0.807. The van der Waals surface area contributed by atoms with Gasteiger partial charge < -0.3 is 0 Å². The number of aromatic nitrogens is 2. The fraction of sp³-hybridized carbons (Fsp3) is 0.444. The molecular weight excluding hydrogens is 196 g/mol. The molecule has 0 bridgehead atoms. The van der Waals surface area contributed by atoms with Crippen LogP contribution < -0.4 is 5.43 Å². The van der Waals surface area contributed by atoms with Crippen molar-refractivity contribution in [2.45, 2.75) is 24.9 Å². The van der Waals surface area contributed by atoms with Gasteiger partial charge in [0.1, 0.15) is 0 Å². The van der Waals surface area contributed by atoms with Gasteiger partial charge >= 0.3 is 0 Å². The molecule has 76 valence electrons. The quantitative estimate of drug-likeness (QED) is 0.351. The molecule has 0 fully saturated rings. The van der Waals surface area contributed by atoms with Crippen molar-refractivity contribution in [2.24, 2.45) is 5.10 Å². The van der Waals surface area contributed by atoms with Gasteiger partial charge in [0.25, 0.3) is 0 Å². The van der Waals surface area contributed by atoms with E-state index in [1.54, 1.807) is 12.3 Å². The van der Waals surface area contributed by atoms with Crippen LogP contribution in [0, 0.1) is 0 Å². The number of nitrogens with one attached hydrogen (secondary N) is 1. The summed E-state index contributed by atoms with van der Waals surface area (Å²) in [4.78, 5) is 8.28. The molecule has 1 aromatic heterocycles. The molecular formula is C9H14N4S. The number of hydrazone groups is 1. The molecule has 0 aliphatic carbocycles. The van der Waals surface area contributed by atoms with Gasteiger partial charge in [0.2, 0.25) is 0 Å². The number of hydrogen-bond donors (Lipinski definition) is 1. The summed E-state index contributed by atoms with van der Waals surface area (Å²) < 4.78 is 0. The van der Waals surface area contributed by atoms with Gasteiger partial charge in [-0.15, -0.1) is 0 Å². The summed E-state index contributed by atoms with van der Waals surface area (Å²) in [7, 11) is 0. The summed E-state index contributed by atoms with van der Waals surface area (Å²) in [6.07, 6.45) is 7.59. The lowest BCUT2D eigenvalue weighted by Gasteiger charge is -1.99. The van der Waals surface area contributed by atoms with Crippen LogP contribution in [0.5, 0.6) is 0 Å². The molecule has 0 aliphatic rings. The number of rotatable bonds is 5. The van der Waals surface area contributed by atoms with E-state index in [4.69, 9.17) is 0 Å². The van der Waals surface area contributed by atoms with Gasteiger partial charge in [0.15, 0.2) is 11.0 Å². The van der Waals surface area contributed by atoms with E-state index in [0.29, 0.717) is 0 Å². The molecule has 1 N–H and O–H groups in total. The lowest BCUT2D eigenvalue weighted by atomic mass is 10.4. The first-order valence-electron chi connectivity index (χ1n) is 4.51. The van der Waals surface area contributed by atoms with Crippen LogP contribution in [0.25, 0.3) is 0 Å². The zero-order valence-corrected chi connectivity index (χ0v) is 9.21. The summed E-state index contributed by atoms with van der Waals surface area (Å²) in [5.74, 6) is 0.733. The van der Waals surface area contributed by atoms with Crippen molar-refractivity contribution in [3.8, 4) is 0 Å². The summed E-state index contributed by atoms with van der Waals surface area (Å²) >= 11 is 1.51. The van der Waals surface area contributed by atoms with Crippen LogP contribution in [-0.4, -0.2) is 22.4 Å². The molecule has 0 unspecified atom stereocenters. The second kappa shape index (κ2) is 6.37. The first kappa shape index (κ1) is 11.0. The third kappa shape index (κ3) is 3.74. The van der Waals surface area contributed by atoms with Crippen molar-refractivity contribution in [2.75, 3.05) is 11.7 Å². The van der Waals surface area contributed by atoms with E-state index in [-0.39, 0.29) is 0 Å². The minimum atomic E-state index is 0.733. The SMILES string of the molecule is CCCC=NNc1ccnc(SC)n1. The van der Waals surface area contributed by atoms with Gasteiger partial charge in [-0.05, 0) is 12.7 Å². The van der Waals surface area contributed by atoms with E-state index in [9.17, 15) is 0 Å². The maximum absolute atomic E-state index is 4.22. The number of anilines is 1. The smallest absolute Gasteiger partial charge is 0.189 e. The Bertz CT molecular complexity index is 301. The number of unbranched alkanes of at least 4 members (excludes halogenated alkanes) is 1. The average Bonchev–Trinajstić information content (AvgIpc) is 2.25. The van der Waals surface area contributed by atoms with Gasteiger partial charge in [-0.25, -0.2) is 9.97 Å². The molecule has 0 saturated heterocycles. The van der Waals surface area contributed by atoms with Crippen molar-refractivity contribution in [1.29, 1.82) is 0 Å². The van der Waals surface area contributed by atoms with E-state index in [1.165, 1.54) is 11.8 Å². The van der Waals surface area contributed by atoms with E-state index >= 15 is 0 Å². The highest BCUT2D eigenvalue weighted by Crippen LogP contribution is 2.10. The molecule has 0 amide bonds. The number of hydrogen-bond acceptors (Lipinski definition) is 5. The van der Waals surface area contributed by atoms with Crippen molar-refractivity contribution in [3.05, 3.63) is 12.3 Å². The van der Waals surface area contributed by atoms with E-state index < -0.39 is 0 Å². The van der Waals surface area contributed by atoms with Gasteiger partial charge in [0.05, 0.1) is 0 Å². The van der Waals surface area contributed by atoms with Crippen LogP contribution >= 0.6 is 11.8 Å². The zero-order chi connectivity index (χ0) is 10.2. The highest BCUT2D eigenvalue weighted by Gasteiger charge is 1.94. The van der Waals surface area contributed by atoms with Gasteiger partial charge in [0, 0.05) is 18.5 Å². The second-order valence-electron chi connectivity index (χ2n) is 2.64. The molecule has 4 nitrogen and oxygen atoms in total. The summed E-state index contributed by atoms with van der Waals surface area (Å²) in [5, 5.41) is 4.78. The van der Waals surface area contributed by atoms with Crippen LogP contribution in [0.1, 0.15) is 19.8 Å². The highest BCUT2D eigenvalue weighted by atomic mass is 32.2. The molecule has 1 aromatic rings. The van der Waals surface area contributed by atoms with Crippen LogP contribution in [0.3, 0.4) is 0 Å². The lowest BCUT2D eigenvalue weighted by Crippen LogP contribution is -1.94. The molecule has 1 rings (SSSR count). The normalized spacial score (nSPS) is 10.7. The number of nitrogens with zero attached hydrogens (tertiary/aromatic N) is 3. The Hall–Kier alpha value is -1.10. The van der Waals surface area contributed by atoms with Gasteiger partial charge in [-0.3, -0.25) is 5.43 Å². The first-order valence-corrected chi connectivity index (χ1v) is 5.74. The molecule has 0 spiro atoms. The Kier molecular flexibility index (Phi) is 4.99. The lowest BCUT2D eigenvalue weighted by molar-refractivity contribution is 0.963.